The molecule has 0 aromatic rings. The normalized spacial score (nSPS) is 17.8. The summed E-state index contributed by atoms with van der Waals surface area (Å²) in [7, 11) is 1.84. The number of hydrogen-bond acceptors (Lipinski definition) is 1. The first-order valence-corrected chi connectivity index (χ1v) is 6.81. The van der Waals surface area contributed by atoms with Crippen molar-refractivity contribution in [1.29, 1.82) is 0 Å². The molecular formula is C13H27N3. The first kappa shape index (κ1) is 13.3. The number of aliphatic imine (C=N–C) groups is 1. The molecule has 0 atom stereocenters. The molecule has 1 aliphatic rings. The fourth-order valence-electron chi connectivity index (χ4n) is 2.36. The molecule has 1 aliphatic carbocycles. The predicted molar refractivity (Wildman–Crippen MR) is 70.8 cm³/mol. The number of rotatable bonds is 6. The SMILES string of the molecule is CCCNC(=NC)NCCCC1CCCC1. The van der Waals surface area contributed by atoms with E-state index in [9.17, 15) is 0 Å². The summed E-state index contributed by atoms with van der Waals surface area (Å²) in [6.45, 7) is 4.22. The van der Waals surface area contributed by atoms with Crippen molar-refractivity contribution in [2.45, 2.75) is 51.9 Å². The average molecular weight is 225 g/mol. The molecule has 0 heterocycles. The number of nitrogens with one attached hydrogen (secondary N) is 2. The van der Waals surface area contributed by atoms with Gasteiger partial charge in [-0.25, -0.2) is 0 Å². The van der Waals surface area contributed by atoms with Crippen molar-refractivity contribution < 1.29 is 0 Å². The van der Waals surface area contributed by atoms with Gasteiger partial charge in [-0.2, -0.15) is 0 Å². The van der Waals surface area contributed by atoms with Crippen LogP contribution in [-0.4, -0.2) is 26.1 Å². The molecule has 0 unspecified atom stereocenters. The summed E-state index contributed by atoms with van der Waals surface area (Å²) in [6, 6.07) is 0. The van der Waals surface area contributed by atoms with E-state index in [-0.39, 0.29) is 0 Å². The van der Waals surface area contributed by atoms with Gasteiger partial charge >= 0.3 is 0 Å². The van der Waals surface area contributed by atoms with Crippen LogP contribution in [0.15, 0.2) is 4.99 Å². The third-order valence-corrected chi connectivity index (χ3v) is 3.32. The van der Waals surface area contributed by atoms with Crippen molar-refractivity contribution in [2.75, 3.05) is 20.1 Å². The maximum atomic E-state index is 4.19. The molecule has 2 N–H and O–H groups in total. The molecule has 1 fully saturated rings. The first-order chi connectivity index (χ1) is 7.86. The summed E-state index contributed by atoms with van der Waals surface area (Å²) < 4.78 is 0. The van der Waals surface area contributed by atoms with Crippen LogP contribution < -0.4 is 10.6 Å². The molecule has 1 rings (SSSR count). The molecule has 0 aliphatic heterocycles. The maximum absolute atomic E-state index is 4.19. The Morgan fingerprint density at radius 1 is 1.19 bits per heavy atom. The lowest BCUT2D eigenvalue weighted by Crippen LogP contribution is -2.38. The third kappa shape index (κ3) is 5.38. The fraction of sp³-hybridized carbons (Fsp3) is 0.923. The lowest BCUT2D eigenvalue weighted by Gasteiger charge is -2.12. The van der Waals surface area contributed by atoms with Crippen molar-refractivity contribution in [3.8, 4) is 0 Å². The summed E-state index contributed by atoms with van der Waals surface area (Å²) in [5.41, 5.74) is 0. The molecule has 0 aromatic carbocycles. The molecule has 94 valence electrons. The van der Waals surface area contributed by atoms with E-state index in [2.05, 4.69) is 22.5 Å². The molecule has 0 amide bonds. The molecule has 0 aromatic heterocycles. The van der Waals surface area contributed by atoms with Crippen LogP contribution in [0.4, 0.5) is 0 Å². The maximum Gasteiger partial charge on any atom is 0.190 e. The molecular weight excluding hydrogens is 198 g/mol. The van der Waals surface area contributed by atoms with E-state index in [1.807, 2.05) is 7.05 Å². The third-order valence-electron chi connectivity index (χ3n) is 3.32. The van der Waals surface area contributed by atoms with Crippen LogP contribution in [-0.2, 0) is 0 Å². The van der Waals surface area contributed by atoms with Gasteiger partial charge in [-0.1, -0.05) is 32.6 Å². The van der Waals surface area contributed by atoms with Crippen molar-refractivity contribution in [3.63, 3.8) is 0 Å². The molecule has 3 heteroatoms. The topological polar surface area (TPSA) is 36.4 Å². The lowest BCUT2D eigenvalue weighted by molar-refractivity contribution is 0.481. The zero-order chi connectivity index (χ0) is 11.6. The van der Waals surface area contributed by atoms with Gasteiger partial charge in [0, 0.05) is 20.1 Å². The van der Waals surface area contributed by atoms with Gasteiger partial charge in [-0.15, -0.1) is 0 Å². The summed E-state index contributed by atoms with van der Waals surface area (Å²) in [5.74, 6) is 1.96. The summed E-state index contributed by atoms with van der Waals surface area (Å²) in [4.78, 5) is 4.19. The van der Waals surface area contributed by atoms with Gasteiger partial charge in [0.05, 0.1) is 0 Å². The Morgan fingerprint density at radius 2 is 1.88 bits per heavy atom. The van der Waals surface area contributed by atoms with Crippen molar-refractivity contribution in [3.05, 3.63) is 0 Å². The minimum absolute atomic E-state index is 0.952. The summed E-state index contributed by atoms with van der Waals surface area (Å²) in [6.07, 6.45) is 9.64. The van der Waals surface area contributed by atoms with Crippen LogP contribution >= 0.6 is 0 Å². The largest absolute Gasteiger partial charge is 0.356 e. The van der Waals surface area contributed by atoms with E-state index >= 15 is 0 Å². The fourth-order valence-corrected chi connectivity index (χ4v) is 2.36. The molecule has 0 spiro atoms. The highest BCUT2D eigenvalue weighted by molar-refractivity contribution is 5.79. The average Bonchev–Trinajstić information content (AvgIpc) is 2.81. The highest BCUT2D eigenvalue weighted by Crippen LogP contribution is 2.28. The van der Waals surface area contributed by atoms with Gasteiger partial charge in [-0.3, -0.25) is 4.99 Å². The monoisotopic (exact) mass is 225 g/mol. The molecule has 1 saturated carbocycles. The van der Waals surface area contributed by atoms with Crippen LogP contribution in [0.2, 0.25) is 0 Å². The van der Waals surface area contributed by atoms with Crippen LogP contribution in [0.5, 0.6) is 0 Å². The van der Waals surface area contributed by atoms with Gasteiger partial charge < -0.3 is 10.6 Å². The Bertz CT molecular complexity index is 195. The van der Waals surface area contributed by atoms with E-state index in [4.69, 9.17) is 0 Å². The summed E-state index contributed by atoms with van der Waals surface area (Å²) >= 11 is 0. The van der Waals surface area contributed by atoms with Gasteiger partial charge in [0.15, 0.2) is 5.96 Å². The molecule has 0 saturated heterocycles. The Morgan fingerprint density at radius 3 is 2.50 bits per heavy atom. The quantitative estimate of drug-likeness (QED) is 0.414. The zero-order valence-corrected chi connectivity index (χ0v) is 10.9. The van der Waals surface area contributed by atoms with Crippen molar-refractivity contribution in [1.82, 2.24) is 10.6 Å². The van der Waals surface area contributed by atoms with Crippen LogP contribution in [0.3, 0.4) is 0 Å². The Hall–Kier alpha value is -0.730. The van der Waals surface area contributed by atoms with Gasteiger partial charge in [0.2, 0.25) is 0 Å². The number of nitrogens with zero attached hydrogens (tertiary/aromatic N) is 1. The Balaban J connectivity index is 1.99. The van der Waals surface area contributed by atoms with Gasteiger partial charge in [0.25, 0.3) is 0 Å². The second-order valence-corrected chi connectivity index (χ2v) is 4.72. The number of hydrogen-bond donors (Lipinski definition) is 2. The van der Waals surface area contributed by atoms with Gasteiger partial charge in [-0.05, 0) is 25.2 Å². The Labute approximate surface area is 100 Å². The lowest BCUT2D eigenvalue weighted by atomic mass is 10.0. The van der Waals surface area contributed by atoms with E-state index in [0.29, 0.717) is 0 Å². The highest BCUT2D eigenvalue weighted by Gasteiger charge is 2.13. The molecule has 3 nitrogen and oxygen atoms in total. The Kier molecular flexibility index (Phi) is 7.02. The smallest absolute Gasteiger partial charge is 0.190 e. The molecule has 0 bridgehead atoms. The minimum Gasteiger partial charge on any atom is -0.356 e. The van der Waals surface area contributed by atoms with Crippen LogP contribution in [0.1, 0.15) is 51.9 Å². The summed E-state index contributed by atoms with van der Waals surface area (Å²) in [5, 5.41) is 6.65. The van der Waals surface area contributed by atoms with E-state index in [0.717, 1.165) is 31.4 Å². The van der Waals surface area contributed by atoms with E-state index in [1.54, 1.807) is 0 Å². The van der Waals surface area contributed by atoms with E-state index < -0.39 is 0 Å². The zero-order valence-electron chi connectivity index (χ0n) is 10.9. The second-order valence-electron chi connectivity index (χ2n) is 4.72. The van der Waals surface area contributed by atoms with E-state index in [1.165, 1.54) is 38.5 Å². The number of guanidine groups is 1. The van der Waals surface area contributed by atoms with Crippen molar-refractivity contribution >= 4 is 5.96 Å². The van der Waals surface area contributed by atoms with Crippen LogP contribution in [0, 0.1) is 5.92 Å². The standard InChI is InChI=1S/C13H27N3/c1-3-10-15-13(14-2)16-11-6-9-12-7-4-5-8-12/h12H,3-11H2,1-2H3,(H2,14,15,16). The molecule has 0 radical (unpaired) electrons. The minimum atomic E-state index is 0.952. The van der Waals surface area contributed by atoms with Crippen molar-refractivity contribution in [2.24, 2.45) is 10.9 Å². The molecule has 16 heavy (non-hydrogen) atoms. The second kappa shape index (κ2) is 8.43. The first-order valence-electron chi connectivity index (χ1n) is 6.81. The van der Waals surface area contributed by atoms with Crippen LogP contribution in [0.25, 0.3) is 0 Å². The predicted octanol–water partition coefficient (Wildman–Crippen LogP) is 2.53. The highest BCUT2D eigenvalue weighted by atomic mass is 15.2. The van der Waals surface area contributed by atoms with Gasteiger partial charge in [0.1, 0.15) is 0 Å².